The minimum Gasteiger partial charge on any atom is -0.456 e. The van der Waals surface area contributed by atoms with Gasteiger partial charge in [-0.2, -0.15) is 5.26 Å². The van der Waals surface area contributed by atoms with Crippen LogP contribution in [0.3, 0.4) is 0 Å². The molecular weight excluding hydrogens is 603 g/mol. The third-order valence-corrected chi connectivity index (χ3v) is 9.45. The van der Waals surface area contributed by atoms with Crippen LogP contribution in [0, 0.1) is 11.3 Å². The smallest absolute Gasteiger partial charge is 0.147 e. The van der Waals surface area contributed by atoms with Crippen LogP contribution >= 0.6 is 0 Å². The second kappa shape index (κ2) is 11.1. The molecule has 8 aromatic rings. The Labute approximate surface area is 285 Å². The fourth-order valence-electron chi connectivity index (χ4n) is 6.82. The third-order valence-electron chi connectivity index (χ3n) is 9.45. The van der Waals surface area contributed by atoms with Gasteiger partial charge in [0.1, 0.15) is 29.2 Å². The summed E-state index contributed by atoms with van der Waals surface area (Å²) < 4.78 is 11.0. The van der Waals surface area contributed by atoms with Gasteiger partial charge in [0, 0.05) is 46.1 Å². The van der Waals surface area contributed by atoms with Crippen LogP contribution in [-0.2, 0) is 10.8 Å². The molecule has 0 fully saturated rings. The number of fused-ring (bicyclic) bond motifs is 6. The summed E-state index contributed by atoms with van der Waals surface area (Å²) in [7, 11) is 0. The molecule has 240 valence electrons. The molecule has 0 aliphatic carbocycles. The van der Waals surface area contributed by atoms with Crippen LogP contribution in [0.5, 0.6) is 11.5 Å². The van der Waals surface area contributed by atoms with Gasteiger partial charge in [-0.15, -0.1) is 0 Å². The summed E-state index contributed by atoms with van der Waals surface area (Å²) in [6, 6.07) is 37.6. The van der Waals surface area contributed by atoms with Gasteiger partial charge in [0.05, 0.1) is 27.6 Å². The normalized spacial score (nSPS) is 12.3. The topological polar surface area (TPSA) is 68.7 Å². The van der Waals surface area contributed by atoms with Gasteiger partial charge in [-0.1, -0.05) is 77.9 Å². The van der Waals surface area contributed by atoms with E-state index in [1.807, 2.05) is 42.7 Å². The van der Waals surface area contributed by atoms with Gasteiger partial charge >= 0.3 is 0 Å². The molecule has 0 bridgehead atoms. The maximum atomic E-state index is 10.4. The van der Waals surface area contributed by atoms with Crippen molar-refractivity contribution in [3.05, 3.63) is 132 Å². The SMILES string of the molecule is CC(C)(C)c1ccnc(-n2c3ccccc3c3ccc(Oc4cc5c(cc4C#N)c4ccccc4n5-c4cc(C(C)(C)C)ccn4)cc32)c1. The van der Waals surface area contributed by atoms with Crippen molar-refractivity contribution in [3.63, 3.8) is 0 Å². The van der Waals surface area contributed by atoms with E-state index in [9.17, 15) is 5.26 Å². The van der Waals surface area contributed by atoms with Gasteiger partial charge in [-0.05, 0) is 76.6 Å². The van der Waals surface area contributed by atoms with E-state index in [-0.39, 0.29) is 10.8 Å². The van der Waals surface area contributed by atoms with Crippen molar-refractivity contribution in [3.8, 4) is 29.2 Å². The summed E-state index contributed by atoms with van der Waals surface area (Å²) in [5.74, 6) is 2.80. The predicted octanol–water partition coefficient (Wildman–Crippen LogP) is 10.9. The van der Waals surface area contributed by atoms with Gasteiger partial charge < -0.3 is 4.74 Å². The first kappa shape index (κ1) is 30.4. The Morgan fingerprint density at radius 3 is 1.61 bits per heavy atom. The van der Waals surface area contributed by atoms with Crippen LogP contribution in [0.1, 0.15) is 58.2 Å². The molecule has 0 spiro atoms. The van der Waals surface area contributed by atoms with Crippen molar-refractivity contribution >= 4 is 43.6 Å². The minimum absolute atomic E-state index is 0.0247. The lowest BCUT2D eigenvalue weighted by Crippen LogP contribution is -2.12. The first-order valence-corrected chi connectivity index (χ1v) is 16.6. The number of ether oxygens (including phenoxy) is 1. The highest BCUT2D eigenvalue weighted by atomic mass is 16.5. The van der Waals surface area contributed by atoms with Gasteiger partial charge in [-0.25, -0.2) is 9.97 Å². The van der Waals surface area contributed by atoms with E-state index in [1.165, 1.54) is 11.1 Å². The van der Waals surface area contributed by atoms with Gasteiger partial charge in [0.15, 0.2) is 0 Å². The summed E-state index contributed by atoms with van der Waals surface area (Å²) in [4.78, 5) is 9.64. The number of aromatic nitrogens is 4. The van der Waals surface area contributed by atoms with Gasteiger partial charge in [0.2, 0.25) is 0 Å². The Bertz CT molecular complexity index is 2620. The summed E-state index contributed by atoms with van der Waals surface area (Å²) in [6.45, 7) is 13.3. The number of hydrogen-bond acceptors (Lipinski definition) is 4. The molecule has 6 heteroatoms. The number of hydrogen-bond donors (Lipinski definition) is 0. The van der Waals surface area contributed by atoms with Crippen molar-refractivity contribution in [2.75, 3.05) is 0 Å². The fraction of sp³-hybridized carbons (Fsp3) is 0.186. The monoisotopic (exact) mass is 639 g/mol. The van der Waals surface area contributed by atoms with E-state index in [0.717, 1.165) is 55.2 Å². The van der Waals surface area contributed by atoms with E-state index in [0.29, 0.717) is 17.1 Å². The molecule has 49 heavy (non-hydrogen) atoms. The standard InChI is InChI=1S/C43H37N5O/c1-42(2,3)28-17-19-45-40(22-28)47-35-13-9-7-11-31(35)33-16-15-30(24-37(33)47)49-39-25-38-34(21-27(39)26-44)32-12-8-10-14-36(32)48(38)41-23-29(18-20-46-41)43(4,5)6/h7-25H,1-6H3. The first-order valence-electron chi connectivity index (χ1n) is 16.6. The molecule has 8 rings (SSSR count). The van der Waals surface area contributed by atoms with E-state index >= 15 is 0 Å². The van der Waals surface area contributed by atoms with E-state index in [1.54, 1.807) is 0 Å². The number of benzene rings is 4. The van der Waals surface area contributed by atoms with Crippen molar-refractivity contribution in [2.45, 2.75) is 52.4 Å². The zero-order valence-electron chi connectivity index (χ0n) is 28.6. The number of nitriles is 1. The van der Waals surface area contributed by atoms with Crippen LogP contribution in [0.25, 0.3) is 55.2 Å². The average molecular weight is 640 g/mol. The molecule has 0 amide bonds. The van der Waals surface area contributed by atoms with E-state index in [2.05, 4.69) is 130 Å². The van der Waals surface area contributed by atoms with Crippen LogP contribution in [0.2, 0.25) is 0 Å². The fourth-order valence-corrected chi connectivity index (χ4v) is 6.82. The molecule has 6 nitrogen and oxygen atoms in total. The molecule has 4 heterocycles. The summed E-state index contributed by atoms with van der Waals surface area (Å²) >= 11 is 0. The van der Waals surface area contributed by atoms with Crippen molar-refractivity contribution in [1.29, 1.82) is 5.26 Å². The Morgan fingerprint density at radius 2 is 1.06 bits per heavy atom. The summed E-state index contributed by atoms with van der Waals surface area (Å²) in [5.41, 5.74) is 6.80. The Kier molecular flexibility index (Phi) is 6.87. The van der Waals surface area contributed by atoms with Crippen LogP contribution in [0.4, 0.5) is 0 Å². The molecule has 0 N–H and O–H groups in total. The lowest BCUT2D eigenvalue weighted by Gasteiger charge is -2.20. The molecule has 4 aromatic carbocycles. The Morgan fingerprint density at radius 1 is 0.551 bits per heavy atom. The second-order valence-electron chi connectivity index (χ2n) is 14.8. The number of para-hydroxylation sites is 2. The second-order valence-corrected chi connectivity index (χ2v) is 14.8. The number of pyridine rings is 2. The van der Waals surface area contributed by atoms with E-state index < -0.39 is 0 Å². The molecule has 0 radical (unpaired) electrons. The highest BCUT2D eigenvalue weighted by Crippen LogP contribution is 2.40. The zero-order chi connectivity index (χ0) is 34.1. The van der Waals surface area contributed by atoms with Crippen LogP contribution in [0.15, 0.2) is 116 Å². The maximum absolute atomic E-state index is 10.4. The molecule has 0 saturated carbocycles. The number of nitrogens with zero attached hydrogens (tertiary/aromatic N) is 5. The minimum atomic E-state index is -0.0383. The molecule has 0 saturated heterocycles. The Balaban J connectivity index is 1.31. The highest BCUT2D eigenvalue weighted by Gasteiger charge is 2.21. The zero-order valence-corrected chi connectivity index (χ0v) is 28.6. The van der Waals surface area contributed by atoms with Gasteiger partial charge in [-0.3, -0.25) is 9.13 Å². The molecule has 0 aliphatic rings. The quantitative estimate of drug-likeness (QED) is 0.192. The molecule has 0 unspecified atom stereocenters. The number of rotatable bonds is 4. The maximum Gasteiger partial charge on any atom is 0.147 e. The molecule has 0 atom stereocenters. The third kappa shape index (κ3) is 5.10. The lowest BCUT2D eigenvalue weighted by molar-refractivity contribution is 0.482. The largest absolute Gasteiger partial charge is 0.456 e. The molecule has 4 aromatic heterocycles. The van der Waals surface area contributed by atoms with Crippen molar-refractivity contribution in [1.82, 2.24) is 19.1 Å². The van der Waals surface area contributed by atoms with E-state index in [4.69, 9.17) is 14.7 Å². The van der Waals surface area contributed by atoms with Gasteiger partial charge in [0.25, 0.3) is 0 Å². The highest BCUT2D eigenvalue weighted by molar-refractivity contribution is 6.11. The lowest BCUT2D eigenvalue weighted by atomic mass is 9.88. The van der Waals surface area contributed by atoms with Crippen molar-refractivity contribution in [2.24, 2.45) is 0 Å². The first-order chi connectivity index (χ1) is 23.5. The molecule has 0 aliphatic heterocycles. The van der Waals surface area contributed by atoms with Crippen molar-refractivity contribution < 1.29 is 4.74 Å². The predicted molar refractivity (Wildman–Crippen MR) is 199 cm³/mol. The molecular formula is C43H37N5O. The summed E-state index contributed by atoms with van der Waals surface area (Å²) in [5, 5.41) is 14.6. The summed E-state index contributed by atoms with van der Waals surface area (Å²) in [6.07, 6.45) is 3.76. The van der Waals surface area contributed by atoms with Crippen LogP contribution in [-0.4, -0.2) is 19.1 Å². The van der Waals surface area contributed by atoms with Crippen LogP contribution < -0.4 is 4.74 Å². The Hall–Kier alpha value is -5.93. The average Bonchev–Trinajstić information content (AvgIpc) is 3.59.